The molecule has 0 rings (SSSR count). The van der Waals surface area contributed by atoms with Crippen molar-refractivity contribution in [2.24, 2.45) is 0 Å². The minimum atomic E-state index is -0.568. The second-order valence-electron chi connectivity index (χ2n) is 2.18. The van der Waals surface area contributed by atoms with Gasteiger partial charge in [-0.1, -0.05) is 0 Å². The zero-order valence-corrected chi connectivity index (χ0v) is 6.33. The number of hydrogen-bond acceptors (Lipinski definition) is 4. The molecule has 0 amide bonds. The minimum absolute atomic E-state index is 0.340. The molecule has 4 nitrogen and oxygen atoms in total. The average molecular weight is 147 g/mol. The van der Waals surface area contributed by atoms with E-state index < -0.39 is 12.6 Å². The number of rotatable bonds is 4. The fourth-order valence-electron chi connectivity index (χ4n) is 0.388. The third-order valence-electron chi connectivity index (χ3n) is 0.931. The zero-order chi connectivity index (χ0) is 7.98. The monoisotopic (exact) mass is 147 g/mol. The van der Waals surface area contributed by atoms with Gasteiger partial charge in [-0.2, -0.15) is 0 Å². The Bertz CT molecular complexity index is 103. The first kappa shape index (κ1) is 9.39. The fourth-order valence-corrected chi connectivity index (χ4v) is 0.388. The number of carbonyl (C=O) groups is 1. The third-order valence-corrected chi connectivity index (χ3v) is 0.931. The van der Waals surface area contributed by atoms with Crippen LogP contribution in [0.15, 0.2) is 0 Å². The van der Waals surface area contributed by atoms with Crippen molar-refractivity contribution in [2.75, 3.05) is 33.9 Å². The lowest BCUT2D eigenvalue weighted by molar-refractivity contribution is -0.147. The van der Waals surface area contributed by atoms with Crippen molar-refractivity contribution in [3.8, 4) is 0 Å². The standard InChI is InChI=1S/C6H13NO3/c1-7(2)3-4-10-6(9)5-8/h8H,3-5H2,1-2H3. The molecule has 0 aliphatic carbocycles. The topological polar surface area (TPSA) is 49.8 Å². The van der Waals surface area contributed by atoms with Crippen molar-refractivity contribution >= 4 is 5.97 Å². The van der Waals surface area contributed by atoms with Crippen LogP contribution in [0, 0.1) is 0 Å². The molecule has 60 valence electrons. The van der Waals surface area contributed by atoms with Gasteiger partial charge in [-0.05, 0) is 14.1 Å². The average Bonchev–Trinajstić information content (AvgIpc) is 1.87. The number of aliphatic hydroxyl groups excluding tert-OH is 1. The molecule has 0 aromatic rings. The summed E-state index contributed by atoms with van der Waals surface area (Å²) >= 11 is 0. The SMILES string of the molecule is CN(C)CCOC(=O)CO. The van der Waals surface area contributed by atoms with Crippen LogP contribution in [0.2, 0.25) is 0 Å². The van der Waals surface area contributed by atoms with Gasteiger partial charge in [0.2, 0.25) is 0 Å². The first-order valence-electron chi connectivity index (χ1n) is 3.08. The van der Waals surface area contributed by atoms with Crippen molar-refractivity contribution in [3.63, 3.8) is 0 Å². The first-order valence-corrected chi connectivity index (χ1v) is 3.08. The molecule has 0 saturated carbocycles. The second-order valence-corrected chi connectivity index (χ2v) is 2.18. The van der Waals surface area contributed by atoms with Crippen LogP contribution in [0.4, 0.5) is 0 Å². The molecule has 0 bridgehead atoms. The molecule has 0 saturated heterocycles. The molecule has 0 atom stereocenters. The van der Waals surface area contributed by atoms with E-state index in [0.29, 0.717) is 13.2 Å². The van der Waals surface area contributed by atoms with Crippen LogP contribution < -0.4 is 0 Å². The fraction of sp³-hybridized carbons (Fsp3) is 0.833. The molecule has 1 N–H and O–H groups in total. The summed E-state index contributed by atoms with van der Waals surface area (Å²) in [5, 5.41) is 8.21. The Morgan fingerprint density at radius 1 is 1.60 bits per heavy atom. The molecule has 0 aromatic heterocycles. The Morgan fingerprint density at radius 3 is 2.60 bits per heavy atom. The van der Waals surface area contributed by atoms with E-state index in [9.17, 15) is 4.79 Å². The number of aliphatic hydroxyl groups is 1. The summed E-state index contributed by atoms with van der Waals surface area (Å²) < 4.78 is 4.57. The highest BCUT2D eigenvalue weighted by atomic mass is 16.5. The molecular weight excluding hydrogens is 134 g/mol. The maximum absolute atomic E-state index is 10.3. The van der Waals surface area contributed by atoms with E-state index in [2.05, 4.69) is 4.74 Å². The molecule has 0 aromatic carbocycles. The molecule has 0 spiro atoms. The van der Waals surface area contributed by atoms with Gasteiger partial charge in [0.05, 0.1) is 0 Å². The molecule has 0 unspecified atom stereocenters. The van der Waals surface area contributed by atoms with Crippen LogP contribution in [-0.2, 0) is 9.53 Å². The highest BCUT2D eigenvalue weighted by Crippen LogP contribution is 1.78. The van der Waals surface area contributed by atoms with Gasteiger partial charge in [0.15, 0.2) is 0 Å². The Balaban J connectivity index is 3.12. The van der Waals surface area contributed by atoms with E-state index in [0.717, 1.165) is 0 Å². The summed E-state index contributed by atoms with van der Waals surface area (Å²) in [5.41, 5.74) is 0. The normalized spacial score (nSPS) is 10.0. The molecule has 0 aliphatic heterocycles. The van der Waals surface area contributed by atoms with E-state index in [1.54, 1.807) is 0 Å². The van der Waals surface area contributed by atoms with Gasteiger partial charge in [0.1, 0.15) is 13.2 Å². The number of ether oxygens (including phenoxy) is 1. The van der Waals surface area contributed by atoms with E-state index in [-0.39, 0.29) is 0 Å². The Hall–Kier alpha value is -0.610. The number of nitrogens with zero attached hydrogens (tertiary/aromatic N) is 1. The lowest BCUT2D eigenvalue weighted by atomic mass is 10.6. The Morgan fingerprint density at radius 2 is 2.20 bits per heavy atom. The van der Waals surface area contributed by atoms with Crippen LogP contribution in [-0.4, -0.2) is 49.8 Å². The summed E-state index contributed by atoms with van der Waals surface area (Å²) in [4.78, 5) is 12.2. The van der Waals surface area contributed by atoms with Crippen molar-refractivity contribution in [3.05, 3.63) is 0 Å². The second kappa shape index (κ2) is 5.20. The van der Waals surface area contributed by atoms with Gasteiger partial charge in [-0.3, -0.25) is 0 Å². The van der Waals surface area contributed by atoms with Gasteiger partial charge in [0.25, 0.3) is 0 Å². The summed E-state index contributed by atoms with van der Waals surface area (Å²) in [6.45, 7) is 0.492. The molecule has 0 heterocycles. The molecule has 0 fully saturated rings. The van der Waals surface area contributed by atoms with Gasteiger partial charge in [-0.25, -0.2) is 4.79 Å². The smallest absolute Gasteiger partial charge is 0.331 e. The summed E-state index contributed by atoms with van der Waals surface area (Å²) in [6.07, 6.45) is 0. The predicted octanol–water partition coefficient (Wildman–Crippen LogP) is -0.917. The molecule has 0 radical (unpaired) electrons. The Kier molecular flexibility index (Phi) is 4.88. The number of esters is 1. The molecule has 4 heteroatoms. The van der Waals surface area contributed by atoms with Crippen molar-refractivity contribution in [1.82, 2.24) is 4.90 Å². The lowest BCUT2D eigenvalue weighted by Crippen LogP contribution is -2.21. The number of likely N-dealkylation sites (N-methyl/N-ethyl adjacent to an activating group) is 1. The lowest BCUT2D eigenvalue weighted by Gasteiger charge is -2.08. The predicted molar refractivity (Wildman–Crippen MR) is 36.6 cm³/mol. The van der Waals surface area contributed by atoms with Crippen LogP contribution in [0.3, 0.4) is 0 Å². The first-order chi connectivity index (χ1) is 4.66. The van der Waals surface area contributed by atoms with E-state index >= 15 is 0 Å². The van der Waals surface area contributed by atoms with E-state index in [4.69, 9.17) is 5.11 Å². The summed E-state index contributed by atoms with van der Waals surface area (Å²) in [6, 6.07) is 0. The molecule has 10 heavy (non-hydrogen) atoms. The number of hydrogen-bond donors (Lipinski definition) is 1. The molecule has 0 aliphatic rings. The maximum atomic E-state index is 10.3. The van der Waals surface area contributed by atoms with Crippen LogP contribution in [0.25, 0.3) is 0 Å². The van der Waals surface area contributed by atoms with Crippen LogP contribution in [0.5, 0.6) is 0 Å². The highest BCUT2D eigenvalue weighted by Gasteiger charge is 1.97. The van der Waals surface area contributed by atoms with Gasteiger partial charge in [0, 0.05) is 6.54 Å². The Labute approximate surface area is 60.4 Å². The van der Waals surface area contributed by atoms with Crippen molar-refractivity contribution in [2.45, 2.75) is 0 Å². The largest absolute Gasteiger partial charge is 0.463 e. The van der Waals surface area contributed by atoms with E-state index in [1.807, 2.05) is 19.0 Å². The summed E-state index contributed by atoms with van der Waals surface area (Å²) in [5.74, 6) is -0.568. The maximum Gasteiger partial charge on any atom is 0.331 e. The van der Waals surface area contributed by atoms with Crippen molar-refractivity contribution < 1.29 is 14.6 Å². The summed E-state index contributed by atoms with van der Waals surface area (Å²) in [7, 11) is 3.76. The van der Waals surface area contributed by atoms with Crippen LogP contribution >= 0.6 is 0 Å². The third kappa shape index (κ3) is 5.53. The van der Waals surface area contributed by atoms with Gasteiger partial charge < -0.3 is 14.7 Å². The highest BCUT2D eigenvalue weighted by molar-refractivity contribution is 5.70. The van der Waals surface area contributed by atoms with E-state index in [1.165, 1.54) is 0 Å². The minimum Gasteiger partial charge on any atom is -0.463 e. The molecular formula is C6H13NO3. The quantitative estimate of drug-likeness (QED) is 0.523. The van der Waals surface area contributed by atoms with Gasteiger partial charge >= 0.3 is 5.97 Å². The van der Waals surface area contributed by atoms with Crippen molar-refractivity contribution in [1.29, 1.82) is 0 Å². The zero-order valence-electron chi connectivity index (χ0n) is 6.33. The van der Waals surface area contributed by atoms with Crippen LogP contribution in [0.1, 0.15) is 0 Å². The number of carbonyl (C=O) groups excluding carboxylic acids is 1. The van der Waals surface area contributed by atoms with Gasteiger partial charge in [-0.15, -0.1) is 0 Å².